The number of epoxide rings is 1. The largest absolute Gasteiger partial charge is 0.447 e. The predicted molar refractivity (Wildman–Crippen MR) is 179 cm³/mol. The van der Waals surface area contributed by atoms with E-state index in [0.717, 1.165) is 38.5 Å². The zero-order valence-electron chi connectivity index (χ0n) is 27.9. The highest BCUT2D eigenvalue weighted by Gasteiger charge is 2.73. The number of alkyl carbamates (subject to hydrolysis) is 2. The Morgan fingerprint density at radius 3 is 2.33 bits per heavy atom. The number of unbranched alkanes of at least 4 members (excludes halogenated alkanes) is 3. The van der Waals surface area contributed by atoms with Crippen LogP contribution >= 0.6 is 22.9 Å². The highest BCUT2D eigenvalue weighted by Crippen LogP contribution is 2.62. The van der Waals surface area contributed by atoms with Gasteiger partial charge in [0.05, 0.1) is 37.3 Å². The molecule has 3 aliphatic rings. The molecule has 3 rings (SSSR count). The van der Waals surface area contributed by atoms with Crippen LogP contribution in [-0.4, -0.2) is 94.6 Å². The van der Waals surface area contributed by atoms with Crippen LogP contribution in [0.1, 0.15) is 79.6 Å². The molecule has 45 heavy (non-hydrogen) atoms. The standard InChI is InChI=1S/C32H55IN4O8/c1-21(2)11-12-25-23(5)32(20-43-25)28(41-6)26(13-14-31(32)19-44-31)45-30(40)37-24(22(3)4)18-42-29(39)35-16-10-8-7-9-15-34-27(38)17-36-33/h11,22-26,28,36H,7-10,12-20H2,1-6H3,(H,34,38)(H,35,39)(H,37,40)/t23-,24+,25-,26?,28?,31+,32?/m1/s1. The number of allylic oxidation sites excluding steroid dienone is 1. The summed E-state index contributed by atoms with van der Waals surface area (Å²) < 4.78 is 32.9. The molecular formula is C32H55IN4O8. The Bertz CT molecular complexity index is 1010. The lowest BCUT2D eigenvalue weighted by molar-refractivity contribution is -0.163. The first-order valence-corrected chi connectivity index (χ1v) is 17.5. The number of nitrogens with one attached hydrogen (secondary N) is 4. The molecule has 0 radical (unpaired) electrons. The van der Waals surface area contributed by atoms with Crippen molar-refractivity contribution in [3.63, 3.8) is 0 Å². The third-order valence-electron chi connectivity index (χ3n) is 9.62. The van der Waals surface area contributed by atoms with Crippen LogP contribution in [-0.2, 0) is 28.5 Å². The molecule has 4 N–H and O–H groups in total. The van der Waals surface area contributed by atoms with Gasteiger partial charge in [-0.2, -0.15) is 0 Å². The van der Waals surface area contributed by atoms with Crippen molar-refractivity contribution in [1.82, 2.24) is 19.5 Å². The first-order chi connectivity index (χ1) is 21.5. The van der Waals surface area contributed by atoms with Gasteiger partial charge in [-0.05, 0) is 57.8 Å². The van der Waals surface area contributed by atoms with Gasteiger partial charge in [-0.25, -0.2) is 9.59 Å². The normalized spacial score (nSPS) is 29.3. The second-order valence-corrected chi connectivity index (χ2v) is 14.0. The van der Waals surface area contributed by atoms with E-state index in [0.29, 0.717) is 39.3 Å². The number of carbonyl (C=O) groups excluding carboxylic acids is 3. The lowest BCUT2D eigenvalue weighted by Crippen LogP contribution is -2.62. The van der Waals surface area contributed by atoms with Crippen molar-refractivity contribution in [3.8, 4) is 0 Å². The number of rotatable bonds is 17. The lowest BCUT2D eigenvalue weighted by Gasteiger charge is -2.50. The molecule has 1 saturated carbocycles. The summed E-state index contributed by atoms with van der Waals surface area (Å²) in [5.41, 5.74) is 0.533. The van der Waals surface area contributed by atoms with Crippen molar-refractivity contribution in [2.45, 2.75) is 110 Å². The molecule has 2 saturated heterocycles. The molecule has 258 valence electrons. The smallest absolute Gasteiger partial charge is 0.407 e. The molecule has 7 atom stereocenters. The van der Waals surface area contributed by atoms with Crippen LogP contribution in [0.3, 0.4) is 0 Å². The molecule has 0 aromatic heterocycles. The first kappa shape index (κ1) is 37.8. The number of methoxy groups -OCH3 is 1. The van der Waals surface area contributed by atoms with Crippen LogP contribution in [0.2, 0.25) is 0 Å². The summed E-state index contributed by atoms with van der Waals surface area (Å²) in [5, 5.41) is 8.53. The summed E-state index contributed by atoms with van der Waals surface area (Å²) in [7, 11) is 1.67. The SMILES string of the molecule is COC1C(OC(=O)N[C@@H](COC(=O)NCCCCCCNC(=O)CNI)C(C)C)CC[C@]2(CO2)C12CO[C@H](CC=C(C)C)[C@H]2C. The average molecular weight is 751 g/mol. The van der Waals surface area contributed by atoms with E-state index < -0.39 is 29.7 Å². The Morgan fingerprint density at radius 2 is 1.73 bits per heavy atom. The number of fused-ring (bicyclic) bond motifs is 1. The second kappa shape index (κ2) is 18.0. The zero-order chi connectivity index (χ0) is 33.0. The van der Waals surface area contributed by atoms with Gasteiger partial charge in [0, 0.05) is 43.1 Å². The summed E-state index contributed by atoms with van der Waals surface area (Å²) in [6.45, 7) is 12.9. The maximum absolute atomic E-state index is 13.2. The minimum atomic E-state index is -0.554. The highest BCUT2D eigenvalue weighted by molar-refractivity contribution is 14.1. The minimum Gasteiger partial charge on any atom is -0.447 e. The first-order valence-electron chi connectivity index (χ1n) is 16.4. The molecule has 3 fully saturated rings. The van der Waals surface area contributed by atoms with E-state index >= 15 is 0 Å². The van der Waals surface area contributed by atoms with Crippen LogP contribution in [0.15, 0.2) is 11.6 Å². The van der Waals surface area contributed by atoms with Gasteiger partial charge >= 0.3 is 12.2 Å². The predicted octanol–water partition coefficient (Wildman–Crippen LogP) is 4.40. The number of halogens is 1. The third-order valence-corrected chi connectivity index (χ3v) is 10.0. The second-order valence-electron chi connectivity index (χ2n) is 13.2. The number of carbonyl (C=O) groups is 3. The lowest BCUT2D eigenvalue weighted by atomic mass is 9.57. The van der Waals surface area contributed by atoms with Crippen molar-refractivity contribution < 1.29 is 38.1 Å². The summed E-state index contributed by atoms with van der Waals surface area (Å²) in [4.78, 5) is 36.9. The Labute approximate surface area is 282 Å². The van der Waals surface area contributed by atoms with Crippen LogP contribution in [0.5, 0.6) is 0 Å². The molecule has 0 aromatic carbocycles. The van der Waals surface area contributed by atoms with Crippen LogP contribution in [0.25, 0.3) is 0 Å². The zero-order valence-corrected chi connectivity index (χ0v) is 30.0. The minimum absolute atomic E-state index is 0.0108. The van der Waals surface area contributed by atoms with Crippen LogP contribution in [0, 0.1) is 17.3 Å². The number of hydrogen-bond donors (Lipinski definition) is 4. The fraction of sp³-hybridized carbons (Fsp3) is 0.844. The summed E-state index contributed by atoms with van der Waals surface area (Å²) in [6, 6.07) is -0.417. The van der Waals surface area contributed by atoms with Crippen LogP contribution in [0.4, 0.5) is 9.59 Å². The van der Waals surface area contributed by atoms with E-state index in [1.54, 1.807) is 7.11 Å². The molecule has 0 aromatic rings. The Hall–Kier alpha value is -1.68. The molecule has 3 unspecified atom stereocenters. The molecule has 2 aliphatic heterocycles. The molecule has 2 spiro atoms. The summed E-state index contributed by atoms with van der Waals surface area (Å²) in [5.74, 6) is 0.148. The van der Waals surface area contributed by atoms with Gasteiger partial charge in [0.1, 0.15) is 24.4 Å². The number of hydrogen-bond acceptors (Lipinski definition) is 9. The number of ether oxygens (including phenoxy) is 5. The topological polar surface area (TPSA) is 149 Å². The maximum atomic E-state index is 13.2. The van der Waals surface area contributed by atoms with E-state index in [4.69, 9.17) is 23.7 Å². The molecule has 3 amide bonds. The molecule has 13 heteroatoms. The van der Waals surface area contributed by atoms with E-state index in [2.05, 4.69) is 46.3 Å². The number of amides is 3. The quantitative estimate of drug-likeness (QED) is 0.0558. The van der Waals surface area contributed by atoms with E-state index in [-0.39, 0.29) is 42.2 Å². The summed E-state index contributed by atoms with van der Waals surface area (Å²) >= 11 is 1.94. The van der Waals surface area contributed by atoms with Crippen molar-refractivity contribution in [2.75, 3.05) is 46.6 Å². The highest BCUT2D eigenvalue weighted by atomic mass is 127. The van der Waals surface area contributed by atoms with Gasteiger partial charge in [0.25, 0.3) is 0 Å². The molecular weight excluding hydrogens is 695 g/mol. The molecule has 2 heterocycles. The van der Waals surface area contributed by atoms with Crippen molar-refractivity contribution >= 4 is 41.0 Å². The van der Waals surface area contributed by atoms with E-state index in [1.165, 1.54) is 5.57 Å². The van der Waals surface area contributed by atoms with Crippen molar-refractivity contribution in [1.29, 1.82) is 0 Å². The van der Waals surface area contributed by atoms with Gasteiger partial charge in [-0.15, -0.1) is 0 Å². The van der Waals surface area contributed by atoms with Gasteiger partial charge in [0.15, 0.2) is 0 Å². The maximum Gasteiger partial charge on any atom is 0.407 e. The van der Waals surface area contributed by atoms with Crippen molar-refractivity contribution in [2.24, 2.45) is 17.3 Å². The van der Waals surface area contributed by atoms with Gasteiger partial charge < -0.3 is 39.6 Å². The van der Waals surface area contributed by atoms with Gasteiger partial charge in [-0.1, -0.05) is 45.3 Å². The molecule has 12 nitrogen and oxygen atoms in total. The van der Waals surface area contributed by atoms with Gasteiger partial charge in [0.2, 0.25) is 5.91 Å². The van der Waals surface area contributed by atoms with E-state index in [1.807, 2.05) is 36.7 Å². The fourth-order valence-electron chi connectivity index (χ4n) is 6.78. The summed E-state index contributed by atoms with van der Waals surface area (Å²) in [6.07, 6.45) is 6.17. The van der Waals surface area contributed by atoms with E-state index in [9.17, 15) is 14.4 Å². The van der Waals surface area contributed by atoms with Crippen LogP contribution < -0.4 is 19.5 Å². The monoisotopic (exact) mass is 750 g/mol. The Kier molecular flexibility index (Phi) is 15.1. The fourth-order valence-corrected chi connectivity index (χ4v) is 7.13. The average Bonchev–Trinajstić information content (AvgIpc) is 3.71. The Balaban J connectivity index is 1.44. The molecule has 1 aliphatic carbocycles. The van der Waals surface area contributed by atoms with Gasteiger partial charge in [-0.3, -0.25) is 8.32 Å². The third kappa shape index (κ3) is 10.2. The van der Waals surface area contributed by atoms with Crippen molar-refractivity contribution in [3.05, 3.63) is 11.6 Å². The molecule has 0 bridgehead atoms. The Morgan fingerprint density at radius 1 is 1.04 bits per heavy atom.